The Hall–Kier alpha value is 0.0506. The molecule has 0 saturated heterocycles. The summed E-state index contributed by atoms with van der Waals surface area (Å²) < 4.78 is 62.2. The van der Waals surface area contributed by atoms with E-state index in [2.05, 4.69) is 5.32 Å². The van der Waals surface area contributed by atoms with E-state index in [1.807, 2.05) is 26.2 Å². The molecule has 0 aliphatic rings. The third-order valence-electron chi connectivity index (χ3n) is 6.46. The summed E-state index contributed by atoms with van der Waals surface area (Å²) in [5.41, 5.74) is 5.52. The number of aliphatic hydroxyl groups excluding tert-OH is 1. The molecule has 316 valence electrons. The number of hydrogen-bond donors (Lipinski definition) is 4. The summed E-state index contributed by atoms with van der Waals surface area (Å²) in [6, 6.07) is 1.34. The molecule has 18 heteroatoms. The molecule has 2 unspecified atom stereocenters. The SMILES string of the molecule is C.C.C.C.CO[Si](C)(C)O[Si](C)(CCCOCCOCCOCCOCCOCCOCCOCCOCCO)O[Si](C)(O)CCCNCCN. The molecule has 0 aliphatic heterocycles. The third kappa shape index (κ3) is 42.7. The van der Waals surface area contributed by atoms with Gasteiger partial charge in [-0.1, -0.05) is 29.7 Å². The summed E-state index contributed by atoms with van der Waals surface area (Å²) in [5.74, 6) is 0. The van der Waals surface area contributed by atoms with E-state index < -0.39 is 25.7 Å². The first-order chi connectivity index (χ1) is 22.6. The number of hydrogen-bond acceptors (Lipinski definition) is 15. The zero-order valence-corrected chi connectivity index (χ0v) is 32.9. The highest BCUT2D eigenvalue weighted by Gasteiger charge is 2.44. The topological polar surface area (TPSA) is 180 Å². The monoisotopic (exact) mass is 801 g/mol. The van der Waals surface area contributed by atoms with Crippen LogP contribution in [0.2, 0.25) is 38.3 Å². The Morgan fingerprint density at radius 2 is 0.882 bits per heavy atom. The molecule has 0 amide bonds. The van der Waals surface area contributed by atoms with Gasteiger partial charge in [-0.15, -0.1) is 0 Å². The molecule has 0 bridgehead atoms. The van der Waals surface area contributed by atoms with Crippen LogP contribution in [-0.2, 0) is 50.6 Å². The van der Waals surface area contributed by atoms with Crippen molar-refractivity contribution < 1.29 is 60.5 Å². The molecule has 0 rings (SSSR count). The van der Waals surface area contributed by atoms with Crippen LogP contribution in [0.15, 0.2) is 0 Å². The second kappa shape index (κ2) is 41.2. The Labute approximate surface area is 316 Å². The molecule has 0 aromatic rings. The summed E-state index contributed by atoms with van der Waals surface area (Å²) in [7, 11) is -6.29. The Morgan fingerprint density at radius 1 is 0.510 bits per heavy atom. The van der Waals surface area contributed by atoms with Crippen molar-refractivity contribution in [2.24, 2.45) is 5.73 Å². The van der Waals surface area contributed by atoms with Gasteiger partial charge in [0.2, 0.25) is 0 Å². The molecule has 0 aromatic carbocycles. The van der Waals surface area contributed by atoms with Gasteiger partial charge in [0.1, 0.15) is 0 Å². The molecule has 5 N–H and O–H groups in total. The first kappa shape index (κ1) is 60.3. The minimum Gasteiger partial charge on any atom is -0.415 e. The van der Waals surface area contributed by atoms with Crippen LogP contribution < -0.4 is 11.1 Å². The molecule has 0 saturated carbocycles. The van der Waals surface area contributed by atoms with Crippen molar-refractivity contribution in [3.63, 3.8) is 0 Å². The van der Waals surface area contributed by atoms with Crippen molar-refractivity contribution in [1.82, 2.24) is 5.32 Å². The van der Waals surface area contributed by atoms with E-state index in [1.165, 1.54) is 0 Å². The molecule has 0 spiro atoms. The molecule has 0 radical (unpaired) electrons. The van der Waals surface area contributed by atoms with Crippen LogP contribution in [0.4, 0.5) is 0 Å². The molecule has 0 fully saturated rings. The Kier molecular flexibility index (Phi) is 48.7. The van der Waals surface area contributed by atoms with Crippen molar-refractivity contribution in [3.05, 3.63) is 0 Å². The number of ether oxygens (including phenoxy) is 8. The lowest BCUT2D eigenvalue weighted by Gasteiger charge is -2.38. The van der Waals surface area contributed by atoms with Gasteiger partial charge in [0, 0.05) is 26.8 Å². The van der Waals surface area contributed by atoms with E-state index in [9.17, 15) is 4.80 Å². The lowest BCUT2D eigenvalue weighted by molar-refractivity contribution is -0.0238. The zero-order chi connectivity index (χ0) is 35.0. The largest absolute Gasteiger partial charge is 0.415 e. The molecular weight excluding hydrogens is 717 g/mol. The fourth-order valence-corrected chi connectivity index (χ4v) is 15.8. The maximum atomic E-state index is 11.1. The second-order valence-corrected chi connectivity index (χ2v) is 21.9. The van der Waals surface area contributed by atoms with Crippen LogP contribution in [-0.4, -0.2) is 175 Å². The van der Waals surface area contributed by atoms with Gasteiger partial charge in [-0.05, 0) is 57.7 Å². The summed E-state index contributed by atoms with van der Waals surface area (Å²) in [6.07, 6.45) is 1.59. The van der Waals surface area contributed by atoms with Crippen LogP contribution >= 0.6 is 0 Å². The molecule has 51 heavy (non-hydrogen) atoms. The fourth-order valence-electron chi connectivity index (χ4n) is 4.17. The molecule has 0 heterocycles. The van der Waals surface area contributed by atoms with Gasteiger partial charge in [-0.25, -0.2) is 0 Å². The predicted octanol–water partition coefficient (Wildman–Crippen LogP) is 3.50. The number of nitrogens with one attached hydrogen (secondary N) is 1. The van der Waals surface area contributed by atoms with E-state index in [-0.39, 0.29) is 36.3 Å². The van der Waals surface area contributed by atoms with Gasteiger partial charge in [-0.2, -0.15) is 0 Å². The van der Waals surface area contributed by atoms with Crippen molar-refractivity contribution in [1.29, 1.82) is 0 Å². The second-order valence-electron chi connectivity index (χ2n) is 11.5. The van der Waals surface area contributed by atoms with Crippen LogP contribution in [0, 0.1) is 0 Å². The molecule has 0 aromatic heterocycles. The number of aliphatic hydroxyl groups is 1. The van der Waals surface area contributed by atoms with E-state index in [4.69, 9.17) is 61.4 Å². The fraction of sp³-hybridized carbons (Fsp3) is 1.00. The van der Waals surface area contributed by atoms with Crippen molar-refractivity contribution in [2.75, 3.05) is 139 Å². The van der Waals surface area contributed by atoms with Crippen molar-refractivity contribution in [2.45, 2.75) is 80.8 Å². The average Bonchev–Trinajstić information content (AvgIpc) is 3.02. The predicted molar refractivity (Wildman–Crippen MR) is 213 cm³/mol. The van der Waals surface area contributed by atoms with Gasteiger partial charge in [0.15, 0.2) is 0 Å². The van der Waals surface area contributed by atoms with Gasteiger partial charge < -0.3 is 71.5 Å². The average molecular weight is 801 g/mol. The van der Waals surface area contributed by atoms with E-state index in [0.717, 1.165) is 25.9 Å². The van der Waals surface area contributed by atoms with E-state index in [0.29, 0.717) is 124 Å². The maximum absolute atomic E-state index is 11.1. The molecule has 15 nitrogen and oxygen atoms in total. The number of nitrogens with two attached hydrogens (primary N) is 1. The Bertz CT molecular complexity index is 681. The highest BCUT2D eigenvalue weighted by molar-refractivity contribution is 6.85. The lowest BCUT2D eigenvalue weighted by Crippen LogP contribution is -2.56. The van der Waals surface area contributed by atoms with Crippen LogP contribution in [0.3, 0.4) is 0 Å². The first-order valence-corrected chi connectivity index (χ1v) is 24.8. The summed E-state index contributed by atoms with van der Waals surface area (Å²) in [5, 5.41) is 11.9. The summed E-state index contributed by atoms with van der Waals surface area (Å²) >= 11 is 0. The molecule has 0 aliphatic carbocycles. The minimum absolute atomic E-state index is 0. The van der Waals surface area contributed by atoms with Crippen LogP contribution in [0.1, 0.15) is 42.5 Å². The maximum Gasteiger partial charge on any atom is 0.323 e. The number of rotatable bonds is 38. The third-order valence-corrected chi connectivity index (χ3v) is 17.2. The van der Waals surface area contributed by atoms with Gasteiger partial charge >= 0.3 is 25.7 Å². The normalized spacial score (nSPS) is 13.6. The van der Waals surface area contributed by atoms with Gasteiger partial charge in [0.25, 0.3) is 0 Å². The smallest absolute Gasteiger partial charge is 0.323 e. The highest BCUT2D eigenvalue weighted by Crippen LogP contribution is 2.27. The minimum atomic E-state index is -2.90. The molecule has 2 atom stereocenters. The van der Waals surface area contributed by atoms with Gasteiger partial charge in [-0.3, -0.25) is 0 Å². The standard InChI is InChI=1S/C29H68N2O13Si3.4CH4/c1-34-45(2,3)43-47(5,44-46(4,33)28-6-9-31-10-8-30)29-7-12-35-14-16-37-18-20-39-22-24-41-26-27-42-25-23-40-21-19-38-17-15-36-13-11-32;;;;/h31-33H,6-30H2,1-5H3;4*1H4. The van der Waals surface area contributed by atoms with Crippen molar-refractivity contribution >= 4 is 25.7 Å². The van der Waals surface area contributed by atoms with Crippen LogP contribution in [0.5, 0.6) is 0 Å². The zero-order valence-electron chi connectivity index (χ0n) is 29.9. The first-order valence-electron chi connectivity index (χ1n) is 16.9. The summed E-state index contributed by atoms with van der Waals surface area (Å²) in [6.45, 7) is 17.8. The Morgan fingerprint density at radius 3 is 1.24 bits per heavy atom. The highest BCUT2D eigenvalue weighted by atomic mass is 28.5. The Balaban J connectivity index is -0.00000176. The quantitative estimate of drug-likeness (QED) is 0.0526. The van der Waals surface area contributed by atoms with Crippen LogP contribution in [0.25, 0.3) is 0 Å². The lowest BCUT2D eigenvalue weighted by atomic mass is 10.5. The van der Waals surface area contributed by atoms with E-state index >= 15 is 0 Å². The van der Waals surface area contributed by atoms with E-state index in [1.54, 1.807) is 7.11 Å². The van der Waals surface area contributed by atoms with Gasteiger partial charge in [0.05, 0.1) is 106 Å². The summed E-state index contributed by atoms with van der Waals surface area (Å²) in [4.78, 5) is 11.1. The van der Waals surface area contributed by atoms with Crippen molar-refractivity contribution in [3.8, 4) is 0 Å². The molecular formula is C33H84N2O13Si3.